The van der Waals surface area contributed by atoms with Crippen LogP contribution < -0.4 is 10.6 Å². The number of nitrogen functional groups attached to an aromatic ring is 1. The van der Waals surface area contributed by atoms with Crippen LogP contribution in [-0.4, -0.2) is 52.9 Å². The molecule has 1 aromatic carbocycles. The number of halogens is 3. The molecule has 0 aliphatic carbocycles. The Bertz CT molecular complexity index is 822. The molecule has 0 saturated carbocycles. The van der Waals surface area contributed by atoms with E-state index in [0.29, 0.717) is 18.8 Å². The predicted octanol–water partition coefficient (Wildman–Crippen LogP) is 2.19. The van der Waals surface area contributed by atoms with Crippen LogP contribution in [0.1, 0.15) is 5.56 Å². The minimum absolute atomic E-state index is 0.0221. The van der Waals surface area contributed by atoms with Gasteiger partial charge in [0.2, 0.25) is 0 Å². The van der Waals surface area contributed by atoms with Crippen molar-refractivity contribution >= 4 is 17.3 Å². The number of hydrogen-bond donors (Lipinski definition) is 1. The summed E-state index contributed by atoms with van der Waals surface area (Å²) >= 11 is 0. The van der Waals surface area contributed by atoms with Crippen molar-refractivity contribution in [3.63, 3.8) is 0 Å². The average molecular weight is 367 g/mol. The summed E-state index contributed by atoms with van der Waals surface area (Å²) in [5.41, 5.74) is 10.2. The van der Waals surface area contributed by atoms with E-state index in [-0.39, 0.29) is 13.1 Å². The highest BCUT2D eigenvalue weighted by molar-refractivity contribution is 5.84. The van der Waals surface area contributed by atoms with Gasteiger partial charge in [-0.15, -0.1) is 0 Å². The topological polar surface area (TPSA) is 67.4 Å². The number of aryl methyl sites for hydroxylation is 2. The lowest BCUT2D eigenvalue weighted by Crippen LogP contribution is -2.52. The molecule has 2 heterocycles. The lowest BCUT2D eigenvalue weighted by atomic mass is 10.0. The third kappa shape index (κ3) is 3.47. The van der Waals surface area contributed by atoms with Crippen molar-refractivity contribution in [2.45, 2.75) is 13.1 Å². The molecule has 1 fully saturated rings. The van der Waals surface area contributed by atoms with Gasteiger partial charge in [-0.2, -0.15) is 18.3 Å². The molecule has 2 aromatic rings. The molecule has 3 rings (SSSR count). The van der Waals surface area contributed by atoms with Crippen molar-refractivity contribution in [1.82, 2.24) is 14.7 Å². The van der Waals surface area contributed by atoms with E-state index in [2.05, 4.69) is 5.10 Å². The van der Waals surface area contributed by atoms with E-state index in [9.17, 15) is 18.0 Å². The van der Waals surface area contributed by atoms with Crippen molar-refractivity contribution in [3.05, 3.63) is 30.1 Å². The van der Waals surface area contributed by atoms with Gasteiger partial charge in [0.1, 0.15) is 0 Å². The van der Waals surface area contributed by atoms with E-state index in [1.165, 1.54) is 0 Å². The number of amides is 1. The zero-order chi connectivity index (χ0) is 19.1. The van der Waals surface area contributed by atoms with Crippen LogP contribution in [0.25, 0.3) is 11.1 Å². The number of nitrogens with zero attached hydrogens (tertiary/aromatic N) is 4. The van der Waals surface area contributed by atoms with Gasteiger partial charge in [-0.3, -0.25) is 9.48 Å². The van der Waals surface area contributed by atoms with Gasteiger partial charge in [0.25, 0.3) is 0 Å². The summed E-state index contributed by atoms with van der Waals surface area (Å²) < 4.78 is 39.5. The molecular formula is C17H20F3N5O. The Balaban J connectivity index is 1.86. The quantitative estimate of drug-likeness (QED) is 0.827. The normalized spacial score (nSPS) is 15.4. The number of anilines is 2. The molecule has 1 saturated heterocycles. The summed E-state index contributed by atoms with van der Waals surface area (Å²) in [5, 5.41) is 4.17. The highest BCUT2D eigenvalue weighted by Crippen LogP contribution is 2.35. The Labute approximate surface area is 149 Å². The SMILES string of the molecule is Cc1cc(N2CCN(C(=O)C(F)(F)F)CC2)c(-c2cnn(C)c2)cc1N. The second-order valence-corrected chi connectivity index (χ2v) is 6.41. The minimum atomic E-state index is -4.83. The van der Waals surface area contributed by atoms with E-state index in [1.807, 2.05) is 37.2 Å². The summed E-state index contributed by atoms with van der Waals surface area (Å²) in [4.78, 5) is 14.2. The Hall–Kier alpha value is -2.71. The maximum absolute atomic E-state index is 12.6. The highest BCUT2D eigenvalue weighted by atomic mass is 19.4. The van der Waals surface area contributed by atoms with Crippen LogP contribution in [0.2, 0.25) is 0 Å². The number of benzene rings is 1. The Kier molecular flexibility index (Phi) is 4.55. The third-order valence-electron chi connectivity index (χ3n) is 4.55. The number of hydrogen-bond acceptors (Lipinski definition) is 4. The van der Waals surface area contributed by atoms with Crippen LogP contribution in [0.4, 0.5) is 24.5 Å². The average Bonchev–Trinajstić information content (AvgIpc) is 3.02. The van der Waals surface area contributed by atoms with Gasteiger partial charge in [0, 0.05) is 61.9 Å². The van der Waals surface area contributed by atoms with Crippen LogP contribution >= 0.6 is 0 Å². The lowest BCUT2D eigenvalue weighted by molar-refractivity contribution is -0.185. The van der Waals surface area contributed by atoms with Gasteiger partial charge in [-0.25, -0.2) is 0 Å². The summed E-state index contributed by atoms with van der Waals surface area (Å²) in [6, 6.07) is 3.79. The monoisotopic (exact) mass is 367 g/mol. The van der Waals surface area contributed by atoms with Gasteiger partial charge in [-0.05, 0) is 24.6 Å². The summed E-state index contributed by atoms with van der Waals surface area (Å²) in [6.07, 6.45) is -1.26. The number of alkyl halides is 3. The number of piperazine rings is 1. The first-order chi connectivity index (χ1) is 12.2. The van der Waals surface area contributed by atoms with Gasteiger partial charge in [0.15, 0.2) is 0 Å². The fraction of sp³-hybridized carbons (Fsp3) is 0.412. The summed E-state index contributed by atoms with van der Waals surface area (Å²) in [5.74, 6) is -1.78. The molecule has 1 aliphatic rings. The third-order valence-corrected chi connectivity index (χ3v) is 4.55. The summed E-state index contributed by atoms with van der Waals surface area (Å²) in [7, 11) is 1.81. The standard InChI is InChI=1S/C17H20F3N5O/c1-11-7-15(13(8-14(11)21)12-9-22-23(2)10-12)24-3-5-25(6-4-24)16(26)17(18,19)20/h7-10H,3-6,21H2,1-2H3. The van der Waals surface area contributed by atoms with Crippen molar-refractivity contribution in [2.75, 3.05) is 36.8 Å². The first-order valence-corrected chi connectivity index (χ1v) is 8.17. The van der Waals surface area contributed by atoms with Gasteiger partial charge in [0.05, 0.1) is 6.20 Å². The second-order valence-electron chi connectivity index (χ2n) is 6.41. The zero-order valence-electron chi connectivity index (χ0n) is 14.5. The van der Waals surface area contributed by atoms with Crippen LogP contribution in [0.5, 0.6) is 0 Å². The van der Waals surface area contributed by atoms with Gasteiger partial charge >= 0.3 is 12.1 Å². The minimum Gasteiger partial charge on any atom is -0.398 e. The van der Waals surface area contributed by atoms with Crippen LogP contribution in [0.3, 0.4) is 0 Å². The highest BCUT2D eigenvalue weighted by Gasteiger charge is 2.43. The molecule has 0 spiro atoms. The fourth-order valence-corrected chi connectivity index (χ4v) is 3.09. The number of nitrogens with two attached hydrogens (primary N) is 1. The molecule has 1 aromatic heterocycles. The molecule has 26 heavy (non-hydrogen) atoms. The first-order valence-electron chi connectivity index (χ1n) is 8.17. The van der Waals surface area contributed by atoms with E-state index in [1.54, 1.807) is 10.9 Å². The Morgan fingerprint density at radius 3 is 2.38 bits per heavy atom. The van der Waals surface area contributed by atoms with E-state index in [4.69, 9.17) is 5.73 Å². The smallest absolute Gasteiger partial charge is 0.398 e. The van der Waals surface area contributed by atoms with Crippen molar-refractivity contribution in [3.8, 4) is 11.1 Å². The number of carbonyl (C=O) groups excluding carboxylic acids is 1. The molecular weight excluding hydrogens is 347 g/mol. The van der Waals surface area contributed by atoms with Gasteiger partial charge in [-0.1, -0.05) is 0 Å². The molecule has 140 valence electrons. The van der Waals surface area contributed by atoms with Gasteiger partial charge < -0.3 is 15.5 Å². The van der Waals surface area contributed by atoms with Crippen molar-refractivity contribution < 1.29 is 18.0 Å². The maximum atomic E-state index is 12.6. The zero-order valence-corrected chi connectivity index (χ0v) is 14.5. The van der Waals surface area contributed by atoms with Crippen LogP contribution in [0.15, 0.2) is 24.5 Å². The molecule has 0 radical (unpaired) electrons. The maximum Gasteiger partial charge on any atom is 0.471 e. The molecule has 6 nitrogen and oxygen atoms in total. The number of aromatic nitrogens is 2. The number of carbonyl (C=O) groups is 1. The fourth-order valence-electron chi connectivity index (χ4n) is 3.09. The molecule has 0 atom stereocenters. The second kappa shape index (κ2) is 6.54. The predicted molar refractivity (Wildman–Crippen MR) is 92.6 cm³/mol. The Morgan fingerprint density at radius 2 is 1.85 bits per heavy atom. The van der Waals surface area contributed by atoms with Crippen molar-refractivity contribution in [2.24, 2.45) is 7.05 Å². The van der Waals surface area contributed by atoms with E-state index >= 15 is 0 Å². The molecule has 9 heteroatoms. The Morgan fingerprint density at radius 1 is 1.19 bits per heavy atom. The van der Waals surface area contributed by atoms with E-state index < -0.39 is 12.1 Å². The number of rotatable bonds is 2. The molecule has 2 N–H and O–H groups in total. The largest absolute Gasteiger partial charge is 0.471 e. The molecule has 1 aliphatic heterocycles. The van der Waals surface area contributed by atoms with Crippen LogP contribution in [0, 0.1) is 6.92 Å². The van der Waals surface area contributed by atoms with Crippen LogP contribution in [-0.2, 0) is 11.8 Å². The lowest BCUT2D eigenvalue weighted by Gasteiger charge is -2.37. The summed E-state index contributed by atoms with van der Waals surface area (Å²) in [6.45, 7) is 2.56. The van der Waals surface area contributed by atoms with E-state index in [0.717, 1.165) is 27.3 Å². The molecule has 0 bridgehead atoms. The molecule has 1 amide bonds. The van der Waals surface area contributed by atoms with Crippen molar-refractivity contribution in [1.29, 1.82) is 0 Å². The molecule has 0 unspecified atom stereocenters. The first kappa shape index (κ1) is 18.1.